The van der Waals surface area contributed by atoms with Crippen LogP contribution >= 0.6 is 23.2 Å². The first-order chi connectivity index (χ1) is 11.8. The van der Waals surface area contributed by atoms with E-state index in [9.17, 15) is 13.2 Å². The zero-order chi connectivity index (χ0) is 18.6. The van der Waals surface area contributed by atoms with Gasteiger partial charge in [0, 0.05) is 5.02 Å². The molecule has 2 aromatic carbocycles. The molecular weight excluding hydrogens is 385 g/mol. The highest BCUT2D eigenvalue weighted by atomic mass is 35.5. The fourth-order valence-corrected chi connectivity index (χ4v) is 4.19. The molecule has 0 spiro atoms. The van der Waals surface area contributed by atoms with Gasteiger partial charge in [-0.05, 0) is 61.8 Å². The molecule has 0 saturated heterocycles. The molecule has 0 amide bonds. The highest BCUT2D eigenvalue weighted by molar-refractivity contribution is 7.93. The van der Waals surface area contributed by atoms with Crippen molar-refractivity contribution in [3.63, 3.8) is 0 Å². The summed E-state index contributed by atoms with van der Waals surface area (Å²) in [5.41, 5.74) is 0.237. The minimum atomic E-state index is -4.07. The van der Waals surface area contributed by atoms with Gasteiger partial charge in [0.25, 0.3) is 10.0 Å². The number of hydrogen-bond acceptors (Lipinski definition) is 4. The van der Waals surface area contributed by atoms with Crippen LogP contribution in [0.1, 0.15) is 13.8 Å². The van der Waals surface area contributed by atoms with Crippen molar-refractivity contribution < 1.29 is 17.9 Å². The summed E-state index contributed by atoms with van der Waals surface area (Å²) in [4.78, 5) is 11.8. The SMILES string of the molecule is CCOc1ccccc1N(C(C)C(=O)Cl)S(=O)(=O)c1ccc(Cl)cc1. The van der Waals surface area contributed by atoms with Crippen LogP contribution in [0.15, 0.2) is 53.4 Å². The van der Waals surface area contributed by atoms with Crippen LogP contribution in [0.25, 0.3) is 0 Å². The lowest BCUT2D eigenvalue weighted by atomic mass is 10.2. The Labute approximate surface area is 157 Å². The molecule has 0 heterocycles. The van der Waals surface area contributed by atoms with E-state index in [1.54, 1.807) is 31.2 Å². The zero-order valence-corrected chi connectivity index (χ0v) is 16.0. The second-order valence-electron chi connectivity index (χ2n) is 5.14. The third-order valence-electron chi connectivity index (χ3n) is 3.45. The van der Waals surface area contributed by atoms with Crippen molar-refractivity contribution in [1.82, 2.24) is 0 Å². The standard InChI is InChI=1S/C17H17Cl2NO4S/c1-3-24-16-7-5-4-6-15(16)20(12(2)17(19)21)25(22,23)14-10-8-13(18)9-11-14/h4-12H,3H2,1-2H3. The summed E-state index contributed by atoms with van der Waals surface area (Å²) in [5, 5.41) is -0.398. The maximum atomic E-state index is 13.2. The number of ether oxygens (including phenoxy) is 1. The summed E-state index contributed by atoms with van der Waals surface area (Å²) in [7, 11) is -4.07. The van der Waals surface area contributed by atoms with E-state index in [4.69, 9.17) is 27.9 Å². The maximum Gasteiger partial charge on any atom is 0.265 e. The van der Waals surface area contributed by atoms with Gasteiger partial charge in [0.05, 0.1) is 17.2 Å². The molecule has 1 unspecified atom stereocenters. The van der Waals surface area contributed by atoms with Crippen molar-refractivity contribution in [3.8, 4) is 5.75 Å². The summed E-state index contributed by atoms with van der Waals surface area (Å²) >= 11 is 11.4. The molecule has 0 N–H and O–H groups in total. The second-order valence-corrected chi connectivity index (χ2v) is 7.76. The van der Waals surface area contributed by atoms with Crippen LogP contribution in [-0.4, -0.2) is 26.3 Å². The molecule has 8 heteroatoms. The Morgan fingerprint density at radius 3 is 2.32 bits per heavy atom. The van der Waals surface area contributed by atoms with Gasteiger partial charge in [-0.3, -0.25) is 9.10 Å². The molecule has 134 valence electrons. The average Bonchev–Trinajstić information content (AvgIpc) is 2.57. The number of nitrogens with zero attached hydrogens (tertiary/aromatic N) is 1. The number of carbonyl (C=O) groups excluding carboxylic acids is 1. The summed E-state index contributed by atoms with van der Waals surface area (Å²) in [6.45, 7) is 3.55. The van der Waals surface area contributed by atoms with Gasteiger partial charge in [0.2, 0.25) is 5.24 Å². The highest BCUT2D eigenvalue weighted by Crippen LogP contribution is 2.34. The Bertz CT molecular complexity index is 853. The van der Waals surface area contributed by atoms with Gasteiger partial charge in [0.15, 0.2) is 0 Å². The number of para-hydroxylation sites is 2. The molecule has 25 heavy (non-hydrogen) atoms. The topological polar surface area (TPSA) is 63.7 Å². The van der Waals surface area contributed by atoms with Crippen LogP contribution < -0.4 is 9.04 Å². The van der Waals surface area contributed by atoms with E-state index in [0.717, 1.165) is 4.31 Å². The molecule has 2 aromatic rings. The van der Waals surface area contributed by atoms with Crippen LogP contribution in [0, 0.1) is 0 Å². The molecule has 0 bridgehead atoms. The van der Waals surface area contributed by atoms with E-state index in [0.29, 0.717) is 17.4 Å². The van der Waals surface area contributed by atoms with Gasteiger partial charge >= 0.3 is 0 Å². The lowest BCUT2D eigenvalue weighted by molar-refractivity contribution is -0.112. The summed E-state index contributed by atoms with van der Waals surface area (Å²) in [6.07, 6.45) is 0. The molecule has 0 aromatic heterocycles. The smallest absolute Gasteiger partial charge is 0.265 e. The van der Waals surface area contributed by atoms with Gasteiger partial charge < -0.3 is 4.74 Å². The molecule has 0 aliphatic carbocycles. The molecular formula is C17H17Cl2NO4S. The lowest BCUT2D eigenvalue weighted by Crippen LogP contribution is -2.42. The van der Waals surface area contributed by atoms with Gasteiger partial charge in [-0.1, -0.05) is 23.7 Å². The fourth-order valence-electron chi connectivity index (χ4n) is 2.28. The first-order valence-corrected chi connectivity index (χ1v) is 9.69. The number of halogens is 2. The zero-order valence-electron chi connectivity index (χ0n) is 13.6. The average molecular weight is 402 g/mol. The molecule has 2 rings (SSSR count). The van der Waals surface area contributed by atoms with E-state index in [1.165, 1.54) is 31.2 Å². The van der Waals surface area contributed by atoms with Crippen LogP contribution in [-0.2, 0) is 14.8 Å². The third kappa shape index (κ3) is 4.26. The van der Waals surface area contributed by atoms with Gasteiger partial charge in [-0.15, -0.1) is 0 Å². The van der Waals surface area contributed by atoms with Crippen molar-refractivity contribution in [3.05, 3.63) is 53.6 Å². The Morgan fingerprint density at radius 2 is 1.76 bits per heavy atom. The first-order valence-electron chi connectivity index (χ1n) is 7.50. The Balaban J connectivity index is 2.65. The molecule has 5 nitrogen and oxygen atoms in total. The number of anilines is 1. The van der Waals surface area contributed by atoms with E-state index in [-0.39, 0.29) is 10.6 Å². The highest BCUT2D eigenvalue weighted by Gasteiger charge is 2.34. The van der Waals surface area contributed by atoms with Crippen molar-refractivity contribution in [1.29, 1.82) is 0 Å². The molecule has 0 fully saturated rings. The fraction of sp³-hybridized carbons (Fsp3) is 0.235. The number of rotatable bonds is 7. The number of carbonyl (C=O) groups is 1. The van der Waals surface area contributed by atoms with Crippen molar-refractivity contribution in [2.75, 3.05) is 10.9 Å². The third-order valence-corrected chi connectivity index (χ3v) is 5.92. The van der Waals surface area contributed by atoms with Crippen molar-refractivity contribution >= 4 is 44.2 Å². The molecule has 0 aliphatic rings. The lowest BCUT2D eigenvalue weighted by Gasteiger charge is -2.29. The van der Waals surface area contributed by atoms with Gasteiger partial charge in [-0.25, -0.2) is 8.42 Å². The van der Waals surface area contributed by atoms with E-state index in [2.05, 4.69) is 0 Å². The van der Waals surface area contributed by atoms with E-state index in [1.807, 2.05) is 0 Å². The predicted molar refractivity (Wildman–Crippen MR) is 99.0 cm³/mol. The number of benzene rings is 2. The number of hydrogen-bond donors (Lipinski definition) is 0. The molecule has 1 atom stereocenters. The van der Waals surface area contributed by atoms with E-state index >= 15 is 0 Å². The Hall–Kier alpha value is -1.76. The van der Waals surface area contributed by atoms with Crippen molar-refractivity contribution in [2.24, 2.45) is 0 Å². The molecule has 0 aliphatic heterocycles. The second kappa shape index (κ2) is 8.08. The van der Waals surface area contributed by atoms with Crippen molar-refractivity contribution in [2.45, 2.75) is 24.8 Å². The molecule has 0 saturated carbocycles. The van der Waals surface area contributed by atoms with E-state index < -0.39 is 21.3 Å². The monoisotopic (exact) mass is 401 g/mol. The normalized spacial score (nSPS) is 12.5. The van der Waals surface area contributed by atoms with Crippen LogP contribution in [0.5, 0.6) is 5.75 Å². The quantitative estimate of drug-likeness (QED) is 0.655. The van der Waals surface area contributed by atoms with Crippen LogP contribution in [0.3, 0.4) is 0 Å². The van der Waals surface area contributed by atoms with Crippen LogP contribution in [0.2, 0.25) is 5.02 Å². The largest absolute Gasteiger partial charge is 0.492 e. The summed E-state index contributed by atoms with van der Waals surface area (Å²) < 4.78 is 32.8. The summed E-state index contributed by atoms with van der Waals surface area (Å²) in [6, 6.07) is 11.1. The Morgan fingerprint density at radius 1 is 1.16 bits per heavy atom. The summed E-state index contributed by atoms with van der Waals surface area (Å²) in [5.74, 6) is 0.340. The number of sulfonamides is 1. The molecule has 0 radical (unpaired) electrons. The van der Waals surface area contributed by atoms with Gasteiger partial charge in [0.1, 0.15) is 11.8 Å². The minimum Gasteiger partial charge on any atom is -0.492 e. The van der Waals surface area contributed by atoms with Gasteiger partial charge in [-0.2, -0.15) is 0 Å². The maximum absolute atomic E-state index is 13.2. The first kappa shape index (κ1) is 19.6. The Kier molecular flexibility index (Phi) is 6.32. The predicted octanol–water partition coefficient (Wildman–Crippen LogP) is 4.09. The minimum absolute atomic E-state index is 0.00651. The van der Waals surface area contributed by atoms with Crippen LogP contribution in [0.4, 0.5) is 5.69 Å².